The van der Waals surface area contributed by atoms with E-state index >= 15 is 0 Å². The van der Waals surface area contributed by atoms with Crippen molar-refractivity contribution in [1.82, 2.24) is 4.90 Å². The topological polar surface area (TPSA) is 55.6 Å². The minimum absolute atomic E-state index is 0. The molecule has 136 valence electrons. The molecule has 0 saturated carbocycles. The zero-order valence-electron chi connectivity index (χ0n) is 14.5. The molecule has 5 heteroatoms. The summed E-state index contributed by atoms with van der Waals surface area (Å²) in [6.07, 6.45) is 7.22. The molecule has 0 aliphatic carbocycles. The van der Waals surface area contributed by atoms with Crippen LogP contribution in [0.1, 0.15) is 50.5 Å². The van der Waals surface area contributed by atoms with Crippen LogP contribution in [0.4, 0.5) is 0 Å². The summed E-state index contributed by atoms with van der Waals surface area (Å²) in [5, 5.41) is 0. The van der Waals surface area contributed by atoms with E-state index in [1.165, 1.54) is 5.56 Å². The Morgan fingerprint density at radius 1 is 1.17 bits per heavy atom. The molecule has 4 nitrogen and oxygen atoms in total. The minimum Gasteiger partial charge on any atom is -0.376 e. The molecule has 1 unspecified atom stereocenters. The number of carbonyl (C=O) groups is 1. The molecule has 1 aromatic carbocycles. The molecule has 1 atom stereocenters. The number of hydrogen-bond acceptors (Lipinski definition) is 3. The second-order valence-electron chi connectivity index (χ2n) is 6.35. The van der Waals surface area contributed by atoms with E-state index in [0.717, 1.165) is 58.2 Å². The molecule has 1 aliphatic rings. The van der Waals surface area contributed by atoms with Crippen molar-refractivity contribution in [3.63, 3.8) is 0 Å². The first kappa shape index (κ1) is 20.9. The van der Waals surface area contributed by atoms with Gasteiger partial charge in [0.25, 0.3) is 0 Å². The van der Waals surface area contributed by atoms with Gasteiger partial charge in [0.15, 0.2) is 0 Å². The lowest BCUT2D eigenvalue weighted by molar-refractivity contribution is -0.133. The molecule has 0 spiro atoms. The van der Waals surface area contributed by atoms with Gasteiger partial charge >= 0.3 is 0 Å². The largest absolute Gasteiger partial charge is 0.376 e. The van der Waals surface area contributed by atoms with E-state index in [4.69, 9.17) is 10.5 Å². The molecule has 0 bridgehead atoms. The van der Waals surface area contributed by atoms with Crippen molar-refractivity contribution in [3.8, 4) is 0 Å². The van der Waals surface area contributed by atoms with Crippen molar-refractivity contribution in [1.29, 1.82) is 0 Å². The number of halogens is 1. The number of nitrogens with two attached hydrogens (primary N) is 1. The zero-order valence-corrected chi connectivity index (χ0v) is 15.3. The highest BCUT2D eigenvalue weighted by atomic mass is 35.5. The van der Waals surface area contributed by atoms with E-state index in [1.54, 1.807) is 0 Å². The third-order valence-corrected chi connectivity index (χ3v) is 4.36. The quantitative estimate of drug-likeness (QED) is 0.654. The van der Waals surface area contributed by atoms with Crippen LogP contribution in [-0.4, -0.2) is 36.6 Å². The van der Waals surface area contributed by atoms with E-state index in [2.05, 4.69) is 12.1 Å². The lowest BCUT2D eigenvalue weighted by atomic mass is 10.1. The molecule has 24 heavy (non-hydrogen) atoms. The summed E-state index contributed by atoms with van der Waals surface area (Å²) >= 11 is 0. The highest BCUT2D eigenvalue weighted by Crippen LogP contribution is 2.16. The molecule has 1 fully saturated rings. The van der Waals surface area contributed by atoms with E-state index < -0.39 is 0 Å². The average molecular weight is 355 g/mol. The maximum atomic E-state index is 12.6. The van der Waals surface area contributed by atoms with Gasteiger partial charge < -0.3 is 15.4 Å². The van der Waals surface area contributed by atoms with Gasteiger partial charge in [-0.15, -0.1) is 12.4 Å². The van der Waals surface area contributed by atoms with Gasteiger partial charge in [-0.25, -0.2) is 0 Å². The molecule has 1 amide bonds. The summed E-state index contributed by atoms with van der Waals surface area (Å²) < 4.78 is 5.72. The zero-order chi connectivity index (χ0) is 16.3. The summed E-state index contributed by atoms with van der Waals surface area (Å²) in [7, 11) is 0. The summed E-state index contributed by atoms with van der Waals surface area (Å²) in [6, 6.07) is 10.2. The highest BCUT2D eigenvalue weighted by Gasteiger charge is 2.22. The summed E-state index contributed by atoms with van der Waals surface area (Å²) in [5.41, 5.74) is 6.69. The van der Waals surface area contributed by atoms with Crippen molar-refractivity contribution < 1.29 is 9.53 Å². The van der Waals surface area contributed by atoms with Crippen LogP contribution in [0.15, 0.2) is 30.3 Å². The molecule has 2 rings (SSSR count). The lowest BCUT2D eigenvalue weighted by Crippen LogP contribution is -2.36. The Hall–Kier alpha value is -1.10. The molecule has 1 saturated heterocycles. The SMILES string of the molecule is Cl.NCCCCCCC(=O)N(Cc1ccccc1)CC1CCCO1. The molecular weight excluding hydrogens is 324 g/mol. The number of carbonyl (C=O) groups excluding carboxylic acids is 1. The lowest BCUT2D eigenvalue weighted by Gasteiger charge is -2.26. The van der Waals surface area contributed by atoms with E-state index in [1.807, 2.05) is 23.1 Å². The maximum absolute atomic E-state index is 12.6. The summed E-state index contributed by atoms with van der Waals surface area (Å²) in [5.74, 6) is 0.247. The van der Waals surface area contributed by atoms with Crippen LogP contribution >= 0.6 is 12.4 Å². The van der Waals surface area contributed by atoms with E-state index in [0.29, 0.717) is 13.0 Å². The summed E-state index contributed by atoms with van der Waals surface area (Å²) in [4.78, 5) is 14.6. The summed E-state index contributed by atoms with van der Waals surface area (Å²) in [6.45, 7) is 2.98. The fraction of sp³-hybridized carbons (Fsp3) is 0.632. The van der Waals surface area contributed by atoms with Crippen molar-refractivity contribution in [3.05, 3.63) is 35.9 Å². The number of hydrogen-bond donors (Lipinski definition) is 1. The molecule has 0 aromatic heterocycles. The van der Waals surface area contributed by atoms with Gasteiger partial charge in [0.1, 0.15) is 0 Å². The Morgan fingerprint density at radius 2 is 1.92 bits per heavy atom. The number of benzene rings is 1. The van der Waals surface area contributed by atoms with Crippen LogP contribution in [0, 0.1) is 0 Å². The number of ether oxygens (including phenoxy) is 1. The molecule has 2 N–H and O–H groups in total. The first-order valence-electron chi connectivity index (χ1n) is 8.93. The monoisotopic (exact) mass is 354 g/mol. The van der Waals surface area contributed by atoms with Crippen LogP contribution < -0.4 is 5.73 Å². The molecular formula is C19H31ClN2O2. The number of amides is 1. The Kier molecular flexibility index (Phi) is 10.7. The third-order valence-electron chi connectivity index (χ3n) is 4.36. The number of rotatable bonds is 10. The van der Waals surface area contributed by atoms with Gasteiger partial charge in [-0.05, 0) is 37.8 Å². The predicted molar refractivity (Wildman–Crippen MR) is 100 cm³/mol. The van der Waals surface area contributed by atoms with Crippen LogP contribution in [-0.2, 0) is 16.1 Å². The standard InChI is InChI=1S/C19H30N2O2.ClH/c20-13-7-2-1-6-12-19(22)21(16-18-11-8-14-23-18)15-17-9-4-3-5-10-17;/h3-5,9-10,18H,1-2,6-8,11-16,20H2;1H. The van der Waals surface area contributed by atoms with E-state index in [9.17, 15) is 4.79 Å². The third kappa shape index (κ3) is 7.65. The molecule has 1 aromatic rings. The van der Waals surface area contributed by atoms with Gasteiger partial charge in [-0.3, -0.25) is 4.79 Å². The van der Waals surface area contributed by atoms with Crippen molar-refractivity contribution in [2.24, 2.45) is 5.73 Å². The van der Waals surface area contributed by atoms with Gasteiger partial charge in [0.2, 0.25) is 5.91 Å². The first-order valence-corrected chi connectivity index (χ1v) is 8.93. The molecule has 1 heterocycles. The van der Waals surface area contributed by atoms with Crippen molar-refractivity contribution in [2.75, 3.05) is 19.7 Å². The Labute approximate surface area is 152 Å². The smallest absolute Gasteiger partial charge is 0.222 e. The minimum atomic E-state index is 0. The van der Waals surface area contributed by atoms with Gasteiger partial charge in [0.05, 0.1) is 6.10 Å². The second kappa shape index (κ2) is 12.3. The van der Waals surface area contributed by atoms with Crippen LogP contribution in [0.5, 0.6) is 0 Å². The maximum Gasteiger partial charge on any atom is 0.222 e. The van der Waals surface area contributed by atoms with Crippen LogP contribution in [0.25, 0.3) is 0 Å². The van der Waals surface area contributed by atoms with E-state index in [-0.39, 0.29) is 24.4 Å². The Bertz CT molecular complexity index is 450. The Balaban J connectivity index is 0.00000288. The highest BCUT2D eigenvalue weighted by molar-refractivity contribution is 5.85. The van der Waals surface area contributed by atoms with Gasteiger partial charge in [-0.1, -0.05) is 43.2 Å². The van der Waals surface area contributed by atoms with Gasteiger partial charge in [0, 0.05) is 26.1 Å². The molecule has 0 radical (unpaired) electrons. The van der Waals surface area contributed by atoms with Gasteiger partial charge in [-0.2, -0.15) is 0 Å². The molecule has 1 aliphatic heterocycles. The first-order chi connectivity index (χ1) is 11.3. The van der Waals surface area contributed by atoms with Crippen LogP contribution in [0.2, 0.25) is 0 Å². The average Bonchev–Trinajstić information content (AvgIpc) is 3.08. The fourth-order valence-corrected chi connectivity index (χ4v) is 3.02. The number of unbranched alkanes of at least 4 members (excludes halogenated alkanes) is 3. The predicted octanol–water partition coefficient (Wildman–Crippen LogP) is 3.53. The fourth-order valence-electron chi connectivity index (χ4n) is 3.02. The normalized spacial score (nSPS) is 16.6. The van der Waals surface area contributed by atoms with Crippen molar-refractivity contribution in [2.45, 2.75) is 57.6 Å². The second-order valence-corrected chi connectivity index (χ2v) is 6.35. The Morgan fingerprint density at radius 3 is 2.58 bits per heavy atom. The van der Waals surface area contributed by atoms with Crippen LogP contribution in [0.3, 0.4) is 0 Å². The number of nitrogens with zero attached hydrogens (tertiary/aromatic N) is 1. The van der Waals surface area contributed by atoms with Crippen molar-refractivity contribution >= 4 is 18.3 Å².